The molecule has 6 nitrogen and oxygen atoms in total. The molecule has 1 aromatic carbocycles. The SMILES string of the molecule is Cc1ccc(S(=O)(=O)Nc2ccc(N3CCC(C)CC3)nn2)cc1. The molecule has 0 spiro atoms. The molecule has 24 heavy (non-hydrogen) atoms. The van der Waals surface area contributed by atoms with Crippen LogP contribution in [0.15, 0.2) is 41.3 Å². The Bertz CT molecular complexity index is 780. The molecule has 0 aliphatic carbocycles. The highest BCUT2D eigenvalue weighted by Crippen LogP contribution is 2.22. The second kappa shape index (κ2) is 6.76. The number of aryl methyl sites for hydroxylation is 1. The summed E-state index contributed by atoms with van der Waals surface area (Å²) in [7, 11) is -3.64. The first-order valence-electron chi connectivity index (χ1n) is 8.12. The van der Waals surface area contributed by atoms with Gasteiger partial charge in [-0.25, -0.2) is 8.42 Å². The standard InChI is InChI=1S/C17H22N4O2S/c1-13-3-5-15(6-4-13)24(22,23)20-16-7-8-17(19-18-16)21-11-9-14(2)10-12-21/h3-8,14H,9-12H2,1-2H3,(H,18,20). The molecule has 7 heteroatoms. The van der Waals surface area contributed by atoms with Crippen molar-refractivity contribution in [1.82, 2.24) is 10.2 Å². The number of piperidine rings is 1. The molecule has 3 rings (SSSR count). The maximum atomic E-state index is 12.3. The Labute approximate surface area is 143 Å². The van der Waals surface area contributed by atoms with E-state index in [0.717, 1.165) is 43.2 Å². The molecule has 0 radical (unpaired) electrons. The van der Waals surface area contributed by atoms with Gasteiger partial charge in [0.1, 0.15) is 0 Å². The Morgan fingerprint density at radius 2 is 1.71 bits per heavy atom. The van der Waals surface area contributed by atoms with E-state index >= 15 is 0 Å². The summed E-state index contributed by atoms with van der Waals surface area (Å²) in [5.74, 6) is 1.76. The summed E-state index contributed by atoms with van der Waals surface area (Å²) in [6.45, 7) is 6.09. The molecule has 1 aliphatic rings. The zero-order valence-electron chi connectivity index (χ0n) is 13.9. The summed E-state index contributed by atoms with van der Waals surface area (Å²) in [6.07, 6.45) is 2.28. The lowest BCUT2D eigenvalue weighted by Crippen LogP contribution is -2.33. The number of nitrogens with one attached hydrogen (secondary N) is 1. The topological polar surface area (TPSA) is 75.2 Å². The number of hydrogen-bond acceptors (Lipinski definition) is 5. The van der Waals surface area contributed by atoms with E-state index in [9.17, 15) is 8.42 Å². The first-order valence-corrected chi connectivity index (χ1v) is 9.60. The molecule has 0 saturated carbocycles. The number of aromatic nitrogens is 2. The molecule has 1 saturated heterocycles. The molecular formula is C17H22N4O2S. The number of anilines is 2. The molecule has 1 aromatic heterocycles. The lowest BCUT2D eigenvalue weighted by Gasteiger charge is -2.30. The third-order valence-corrected chi connectivity index (χ3v) is 5.70. The minimum absolute atomic E-state index is 0.212. The van der Waals surface area contributed by atoms with Crippen molar-refractivity contribution in [2.45, 2.75) is 31.6 Å². The Hall–Kier alpha value is -2.15. The monoisotopic (exact) mass is 346 g/mol. The van der Waals surface area contributed by atoms with Crippen LogP contribution in [0.25, 0.3) is 0 Å². The van der Waals surface area contributed by atoms with Crippen LogP contribution in [0.5, 0.6) is 0 Å². The summed E-state index contributed by atoms with van der Waals surface area (Å²) >= 11 is 0. The maximum Gasteiger partial charge on any atom is 0.263 e. The molecule has 128 valence electrons. The van der Waals surface area contributed by atoms with E-state index in [2.05, 4.69) is 26.7 Å². The Morgan fingerprint density at radius 1 is 1.04 bits per heavy atom. The quantitative estimate of drug-likeness (QED) is 0.921. The third-order valence-electron chi connectivity index (χ3n) is 4.33. The lowest BCUT2D eigenvalue weighted by molar-refractivity contribution is 0.436. The molecule has 0 unspecified atom stereocenters. The number of benzene rings is 1. The van der Waals surface area contributed by atoms with Crippen molar-refractivity contribution in [3.8, 4) is 0 Å². The first-order chi connectivity index (χ1) is 11.4. The van der Waals surface area contributed by atoms with E-state index in [1.54, 1.807) is 30.3 Å². The van der Waals surface area contributed by atoms with E-state index in [0.29, 0.717) is 0 Å². The molecule has 1 N–H and O–H groups in total. The zero-order chi connectivity index (χ0) is 17.2. The van der Waals surface area contributed by atoms with Crippen LogP contribution in [0, 0.1) is 12.8 Å². The fourth-order valence-electron chi connectivity index (χ4n) is 2.70. The largest absolute Gasteiger partial charge is 0.355 e. The first kappa shape index (κ1) is 16.7. The molecule has 1 fully saturated rings. The van der Waals surface area contributed by atoms with Gasteiger partial charge >= 0.3 is 0 Å². The average molecular weight is 346 g/mol. The number of nitrogens with zero attached hydrogens (tertiary/aromatic N) is 3. The summed E-state index contributed by atoms with van der Waals surface area (Å²) in [6, 6.07) is 10.2. The van der Waals surface area contributed by atoms with Crippen LogP contribution in [0.3, 0.4) is 0 Å². The van der Waals surface area contributed by atoms with Crippen molar-refractivity contribution in [2.24, 2.45) is 5.92 Å². The van der Waals surface area contributed by atoms with Crippen molar-refractivity contribution in [3.63, 3.8) is 0 Å². The van der Waals surface area contributed by atoms with Crippen LogP contribution in [0.4, 0.5) is 11.6 Å². The van der Waals surface area contributed by atoms with Gasteiger partial charge in [-0.15, -0.1) is 10.2 Å². The van der Waals surface area contributed by atoms with Crippen LogP contribution >= 0.6 is 0 Å². The van der Waals surface area contributed by atoms with Crippen LogP contribution in [0.1, 0.15) is 25.3 Å². The Balaban J connectivity index is 1.70. The number of rotatable bonds is 4. The minimum Gasteiger partial charge on any atom is -0.355 e. The van der Waals surface area contributed by atoms with Crippen LogP contribution < -0.4 is 9.62 Å². The van der Waals surface area contributed by atoms with Crippen molar-refractivity contribution in [2.75, 3.05) is 22.7 Å². The van der Waals surface area contributed by atoms with Gasteiger partial charge in [-0.2, -0.15) is 0 Å². The van der Waals surface area contributed by atoms with Gasteiger partial charge in [0.15, 0.2) is 11.6 Å². The molecule has 0 bridgehead atoms. The van der Waals surface area contributed by atoms with Crippen LogP contribution in [0.2, 0.25) is 0 Å². The van der Waals surface area contributed by atoms with Gasteiger partial charge in [-0.1, -0.05) is 24.6 Å². The fraction of sp³-hybridized carbons (Fsp3) is 0.412. The van der Waals surface area contributed by atoms with Gasteiger partial charge in [-0.3, -0.25) is 4.72 Å². The van der Waals surface area contributed by atoms with Crippen molar-refractivity contribution in [1.29, 1.82) is 0 Å². The number of hydrogen-bond donors (Lipinski definition) is 1. The molecule has 0 amide bonds. The minimum atomic E-state index is -3.64. The molecule has 1 aliphatic heterocycles. The normalized spacial score (nSPS) is 16.2. The second-order valence-electron chi connectivity index (χ2n) is 6.36. The summed E-state index contributed by atoms with van der Waals surface area (Å²) in [5, 5.41) is 8.19. The van der Waals surface area contributed by atoms with Gasteiger partial charge in [0, 0.05) is 13.1 Å². The van der Waals surface area contributed by atoms with E-state index in [1.165, 1.54) is 0 Å². The molecule has 2 heterocycles. The highest BCUT2D eigenvalue weighted by molar-refractivity contribution is 7.92. The van der Waals surface area contributed by atoms with E-state index in [-0.39, 0.29) is 10.7 Å². The average Bonchev–Trinajstić information content (AvgIpc) is 2.56. The van der Waals surface area contributed by atoms with Gasteiger partial charge in [0.2, 0.25) is 0 Å². The van der Waals surface area contributed by atoms with Gasteiger partial charge in [0.25, 0.3) is 10.0 Å². The highest BCUT2D eigenvalue weighted by Gasteiger charge is 2.18. The second-order valence-corrected chi connectivity index (χ2v) is 8.05. The third kappa shape index (κ3) is 3.84. The smallest absolute Gasteiger partial charge is 0.263 e. The summed E-state index contributed by atoms with van der Waals surface area (Å²) in [4.78, 5) is 2.40. The van der Waals surface area contributed by atoms with Gasteiger partial charge < -0.3 is 4.90 Å². The molecular weight excluding hydrogens is 324 g/mol. The summed E-state index contributed by atoms with van der Waals surface area (Å²) < 4.78 is 27.2. The van der Waals surface area contributed by atoms with E-state index in [4.69, 9.17) is 0 Å². The fourth-order valence-corrected chi connectivity index (χ4v) is 3.70. The lowest BCUT2D eigenvalue weighted by atomic mass is 9.99. The molecule has 2 aromatic rings. The molecule has 0 atom stereocenters. The van der Waals surface area contributed by atoms with Crippen LogP contribution in [-0.4, -0.2) is 31.7 Å². The van der Waals surface area contributed by atoms with Crippen molar-refractivity contribution < 1.29 is 8.42 Å². The number of sulfonamides is 1. The predicted octanol–water partition coefficient (Wildman–Crippen LogP) is 2.82. The Morgan fingerprint density at radius 3 is 2.29 bits per heavy atom. The Kier molecular flexibility index (Phi) is 4.71. The van der Waals surface area contributed by atoms with E-state index < -0.39 is 10.0 Å². The van der Waals surface area contributed by atoms with Crippen LogP contribution in [-0.2, 0) is 10.0 Å². The van der Waals surface area contributed by atoms with Crippen molar-refractivity contribution in [3.05, 3.63) is 42.0 Å². The zero-order valence-corrected chi connectivity index (χ0v) is 14.8. The summed E-state index contributed by atoms with van der Waals surface area (Å²) in [5.41, 5.74) is 1.01. The van der Waals surface area contributed by atoms with E-state index in [1.807, 2.05) is 13.0 Å². The van der Waals surface area contributed by atoms with Gasteiger partial charge in [0.05, 0.1) is 4.90 Å². The highest BCUT2D eigenvalue weighted by atomic mass is 32.2. The maximum absolute atomic E-state index is 12.3. The van der Waals surface area contributed by atoms with Crippen molar-refractivity contribution >= 4 is 21.7 Å². The predicted molar refractivity (Wildman–Crippen MR) is 94.6 cm³/mol. The van der Waals surface area contributed by atoms with Gasteiger partial charge in [-0.05, 0) is 49.9 Å².